The number of ether oxygens (including phenoxy) is 1. The van der Waals surface area contributed by atoms with Gasteiger partial charge in [0.2, 0.25) is 5.91 Å². The van der Waals surface area contributed by atoms with Gasteiger partial charge in [-0.2, -0.15) is 0 Å². The SMILES string of the molecule is O=C(NCCCOc1ccc(F)cc1)C1CCCC1O. The summed E-state index contributed by atoms with van der Waals surface area (Å²) >= 11 is 0. The molecular weight excluding hydrogens is 261 g/mol. The Hall–Kier alpha value is -1.62. The Morgan fingerprint density at radius 3 is 2.75 bits per heavy atom. The normalized spacial score (nSPS) is 21.7. The Kier molecular flexibility index (Phi) is 5.35. The molecule has 2 N–H and O–H groups in total. The number of carbonyl (C=O) groups is 1. The Morgan fingerprint density at radius 1 is 1.35 bits per heavy atom. The summed E-state index contributed by atoms with van der Waals surface area (Å²) in [6, 6.07) is 5.84. The molecule has 1 aromatic rings. The van der Waals surface area contributed by atoms with Crippen molar-refractivity contribution in [3.8, 4) is 5.75 Å². The number of halogens is 1. The third-order valence-corrected chi connectivity index (χ3v) is 3.52. The van der Waals surface area contributed by atoms with Crippen LogP contribution in [0.4, 0.5) is 4.39 Å². The molecule has 1 aliphatic rings. The van der Waals surface area contributed by atoms with Crippen molar-refractivity contribution in [2.45, 2.75) is 31.8 Å². The number of rotatable bonds is 6. The van der Waals surface area contributed by atoms with Gasteiger partial charge in [-0.1, -0.05) is 0 Å². The van der Waals surface area contributed by atoms with Gasteiger partial charge in [0, 0.05) is 6.54 Å². The molecule has 0 spiro atoms. The highest BCUT2D eigenvalue weighted by Gasteiger charge is 2.30. The van der Waals surface area contributed by atoms with Crippen LogP contribution in [-0.2, 0) is 4.79 Å². The van der Waals surface area contributed by atoms with Crippen LogP contribution < -0.4 is 10.1 Å². The van der Waals surface area contributed by atoms with E-state index in [0.717, 1.165) is 12.8 Å². The van der Waals surface area contributed by atoms with E-state index in [1.165, 1.54) is 12.1 Å². The molecule has 1 aromatic carbocycles. The van der Waals surface area contributed by atoms with Crippen molar-refractivity contribution in [2.75, 3.05) is 13.2 Å². The van der Waals surface area contributed by atoms with Crippen molar-refractivity contribution >= 4 is 5.91 Å². The Bertz CT molecular complexity index is 435. The summed E-state index contributed by atoms with van der Waals surface area (Å²) in [5.74, 6) is -0.00604. The van der Waals surface area contributed by atoms with Crippen molar-refractivity contribution in [3.05, 3.63) is 30.1 Å². The Labute approximate surface area is 117 Å². The van der Waals surface area contributed by atoms with Gasteiger partial charge in [0.15, 0.2) is 0 Å². The number of hydrogen-bond donors (Lipinski definition) is 2. The van der Waals surface area contributed by atoms with Gasteiger partial charge in [-0.15, -0.1) is 0 Å². The molecule has 2 atom stereocenters. The van der Waals surface area contributed by atoms with Gasteiger partial charge < -0.3 is 15.2 Å². The molecule has 0 heterocycles. The number of amides is 1. The number of benzene rings is 1. The molecule has 2 unspecified atom stereocenters. The van der Waals surface area contributed by atoms with Crippen molar-refractivity contribution in [3.63, 3.8) is 0 Å². The second-order valence-corrected chi connectivity index (χ2v) is 5.05. The van der Waals surface area contributed by atoms with Crippen molar-refractivity contribution in [1.82, 2.24) is 5.32 Å². The Balaban J connectivity index is 1.59. The summed E-state index contributed by atoms with van der Waals surface area (Å²) in [7, 11) is 0. The molecular formula is C15H20FNO3. The number of hydrogen-bond acceptors (Lipinski definition) is 3. The van der Waals surface area contributed by atoms with Crippen molar-refractivity contribution in [1.29, 1.82) is 0 Å². The Morgan fingerprint density at radius 2 is 2.10 bits per heavy atom. The summed E-state index contributed by atoms with van der Waals surface area (Å²) in [5, 5.41) is 12.4. The van der Waals surface area contributed by atoms with Gasteiger partial charge in [0.1, 0.15) is 11.6 Å². The monoisotopic (exact) mass is 281 g/mol. The highest BCUT2D eigenvalue weighted by Crippen LogP contribution is 2.25. The maximum Gasteiger partial charge on any atom is 0.225 e. The molecule has 0 aromatic heterocycles. The van der Waals surface area contributed by atoms with E-state index in [0.29, 0.717) is 31.7 Å². The molecule has 5 heteroatoms. The van der Waals surface area contributed by atoms with Crippen LogP contribution in [0.15, 0.2) is 24.3 Å². The minimum absolute atomic E-state index is 0.0724. The van der Waals surface area contributed by atoms with Crippen molar-refractivity contribution < 1.29 is 19.0 Å². The van der Waals surface area contributed by atoms with Crippen LogP contribution >= 0.6 is 0 Å². The van der Waals surface area contributed by atoms with E-state index in [-0.39, 0.29) is 17.6 Å². The molecule has 4 nitrogen and oxygen atoms in total. The van der Waals surface area contributed by atoms with E-state index < -0.39 is 6.10 Å². The van der Waals surface area contributed by atoms with Crippen LogP contribution in [0.25, 0.3) is 0 Å². The van der Waals surface area contributed by atoms with Gasteiger partial charge >= 0.3 is 0 Å². The molecule has 20 heavy (non-hydrogen) atoms. The summed E-state index contributed by atoms with van der Waals surface area (Å²) < 4.78 is 18.1. The number of nitrogens with one attached hydrogen (secondary N) is 1. The first-order chi connectivity index (χ1) is 9.66. The smallest absolute Gasteiger partial charge is 0.225 e. The van der Waals surface area contributed by atoms with E-state index in [2.05, 4.69) is 5.32 Å². The third kappa shape index (κ3) is 4.20. The van der Waals surface area contributed by atoms with Crippen LogP contribution in [0.3, 0.4) is 0 Å². The van der Waals surface area contributed by atoms with Gasteiger partial charge in [0.25, 0.3) is 0 Å². The molecule has 1 aliphatic carbocycles. The van der Waals surface area contributed by atoms with E-state index >= 15 is 0 Å². The average molecular weight is 281 g/mol. The zero-order valence-corrected chi connectivity index (χ0v) is 11.3. The summed E-state index contributed by atoms with van der Waals surface area (Å²) in [6.45, 7) is 0.975. The number of aliphatic hydroxyl groups is 1. The largest absolute Gasteiger partial charge is 0.494 e. The maximum absolute atomic E-state index is 12.7. The second kappa shape index (κ2) is 7.24. The van der Waals surface area contributed by atoms with E-state index in [1.54, 1.807) is 12.1 Å². The van der Waals surface area contributed by atoms with E-state index in [4.69, 9.17) is 4.74 Å². The van der Waals surface area contributed by atoms with Gasteiger partial charge in [0.05, 0.1) is 18.6 Å². The molecule has 1 amide bonds. The number of aliphatic hydroxyl groups excluding tert-OH is 1. The first kappa shape index (κ1) is 14.8. The average Bonchev–Trinajstić information content (AvgIpc) is 2.86. The molecule has 0 bridgehead atoms. The summed E-state index contributed by atoms with van der Waals surface area (Å²) in [5.41, 5.74) is 0. The molecule has 1 saturated carbocycles. The maximum atomic E-state index is 12.7. The minimum Gasteiger partial charge on any atom is -0.494 e. The minimum atomic E-state index is -0.495. The van der Waals surface area contributed by atoms with Crippen LogP contribution in [0.2, 0.25) is 0 Å². The van der Waals surface area contributed by atoms with E-state index in [1.807, 2.05) is 0 Å². The molecule has 0 saturated heterocycles. The lowest BCUT2D eigenvalue weighted by Crippen LogP contribution is -2.35. The fraction of sp³-hybridized carbons (Fsp3) is 0.533. The molecule has 1 fully saturated rings. The van der Waals surface area contributed by atoms with Gasteiger partial charge in [-0.3, -0.25) is 4.79 Å². The lowest BCUT2D eigenvalue weighted by molar-refractivity contribution is -0.127. The predicted octanol–water partition coefficient (Wildman–Crippen LogP) is 1.87. The quantitative estimate of drug-likeness (QED) is 0.783. The highest BCUT2D eigenvalue weighted by atomic mass is 19.1. The lowest BCUT2D eigenvalue weighted by Gasteiger charge is -2.14. The highest BCUT2D eigenvalue weighted by molar-refractivity contribution is 5.79. The fourth-order valence-corrected chi connectivity index (χ4v) is 2.38. The molecule has 110 valence electrons. The summed E-state index contributed by atoms with van der Waals surface area (Å²) in [4.78, 5) is 11.8. The van der Waals surface area contributed by atoms with Crippen LogP contribution in [0, 0.1) is 11.7 Å². The first-order valence-electron chi connectivity index (χ1n) is 7.01. The van der Waals surface area contributed by atoms with Crippen LogP contribution in [0.1, 0.15) is 25.7 Å². The summed E-state index contributed by atoms with van der Waals surface area (Å²) in [6.07, 6.45) is 2.56. The van der Waals surface area contributed by atoms with Crippen LogP contribution in [0.5, 0.6) is 5.75 Å². The molecule has 2 rings (SSSR count). The molecule has 0 radical (unpaired) electrons. The zero-order chi connectivity index (χ0) is 14.4. The predicted molar refractivity (Wildman–Crippen MR) is 72.9 cm³/mol. The van der Waals surface area contributed by atoms with Gasteiger partial charge in [-0.25, -0.2) is 4.39 Å². The lowest BCUT2D eigenvalue weighted by atomic mass is 10.1. The number of carbonyl (C=O) groups excluding carboxylic acids is 1. The van der Waals surface area contributed by atoms with Gasteiger partial charge in [-0.05, 0) is 49.9 Å². The third-order valence-electron chi connectivity index (χ3n) is 3.52. The van der Waals surface area contributed by atoms with Crippen LogP contribution in [-0.4, -0.2) is 30.3 Å². The zero-order valence-electron chi connectivity index (χ0n) is 11.3. The molecule has 0 aliphatic heterocycles. The topological polar surface area (TPSA) is 58.6 Å². The standard InChI is InChI=1S/C15H20FNO3/c16-11-5-7-12(8-6-11)20-10-2-9-17-15(19)13-3-1-4-14(13)18/h5-8,13-14,18H,1-4,9-10H2,(H,17,19). The van der Waals surface area contributed by atoms with Crippen molar-refractivity contribution in [2.24, 2.45) is 5.92 Å². The second-order valence-electron chi connectivity index (χ2n) is 5.05. The first-order valence-corrected chi connectivity index (χ1v) is 7.01. The van der Waals surface area contributed by atoms with E-state index in [9.17, 15) is 14.3 Å². The fourth-order valence-electron chi connectivity index (χ4n) is 2.38.